The van der Waals surface area contributed by atoms with Crippen molar-refractivity contribution in [1.29, 1.82) is 5.26 Å². The average Bonchev–Trinajstić information content (AvgIpc) is 2.46. The van der Waals surface area contributed by atoms with Crippen LogP contribution in [0.2, 0.25) is 10.0 Å². The van der Waals surface area contributed by atoms with Crippen molar-refractivity contribution >= 4 is 28.9 Å². The number of anilines is 1. The predicted molar refractivity (Wildman–Crippen MR) is 81.1 cm³/mol. The summed E-state index contributed by atoms with van der Waals surface area (Å²) in [7, 11) is 0. The number of hydrogen-bond acceptors (Lipinski definition) is 3. The van der Waals surface area contributed by atoms with E-state index in [-0.39, 0.29) is 6.54 Å². The van der Waals surface area contributed by atoms with Crippen LogP contribution >= 0.6 is 23.2 Å². The average molecular weight is 307 g/mol. The summed E-state index contributed by atoms with van der Waals surface area (Å²) in [6.07, 6.45) is -0.713. The second-order valence-electron chi connectivity index (χ2n) is 4.22. The number of halogens is 2. The van der Waals surface area contributed by atoms with E-state index >= 15 is 0 Å². The number of aliphatic hydroxyl groups is 1. The molecule has 1 unspecified atom stereocenters. The third kappa shape index (κ3) is 3.43. The summed E-state index contributed by atoms with van der Waals surface area (Å²) in [5.41, 5.74) is 1.72. The largest absolute Gasteiger partial charge is 0.387 e. The van der Waals surface area contributed by atoms with E-state index in [0.29, 0.717) is 21.3 Å². The topological polar surface area (TPSA) is 56.0 Å². The molecular formula is C15H12Cl2N2O. The lowest BCUT2D eigenvalue weighted by Crippen LogP contribution is -2.13. The number of nitrogens with zero attached hydrogens (tertiary/aromatic N) is 1. The summed E-state index contributed by atoms with van der Waals surface area (Å²) in [5.74, 6) is 0. The van der Waals surface area contributed by atoms with Crippen LogP contribution < -0.4 is 5.32 Å². The highest BCUT2D eigenvalue weighted by atomic mass is 35.5. The van der Waals surface area contributed by atoms with E-state index in [0.717, 1.165) is 5.56 Å². The van der Waals surface area contributed by atoms with Crippen LogP contribution in [0, 0.1) is 11.3 Å². The molecule has 0 saturated heterocycles. The number of para-hydroxylation sites is 1. The fourth-order valence-corrected chi connectivity index (χ4v) is 2.17. The molecule has 5 heteroatoms. The van der Waals surface area contributed by atoms with E-state index < -0.39 is 6.10 Å². The highest BCUT2D eigenvalue weighted by Crippen LogP contribution is 2.26. The maximum absolute atomic E-state index is 10.1. The van der Waals surface area contributed by atoms with Crippen molar-refractivity contribution in [2.45, 2.75) is 6.10 Å². The van der Waals surface area contributed by atoms with Gasteiger partial charge in [-0.3, -0.25) is 0 Å². The number of rotatable bonds is 4. The zero-order valence-corrected chi connectivity index (χ0v) is 12.0. The molecule has 2 rings (SSSR count). The van der Waals surface area contributed by atoms with Crippen LogP contribution in [0.25, 0.3) is 0 Å². The zero-order valence-electron chi connectivity index (χ0n) is 10.5. The Kier molecular flexibility index (Phi) is 4.86. The van der Waals surface area contributed by atoms with Gasteiger partial charge in [-0.2, -0.15) is 5.26 Å². The fourth-order valence-electron chi connectivity index (χ4n) is 1.80. The van der Waals surface area contributed by atoms with Gasteiger partial charge in [0.15, 0.2) is 0 Å². The van der Waals surface area contributed by atoms with Gasteiger partial charge in [-0.25, -0.2) is 0 Å². The lowest BCUT2D eigenvalue weighted by molar-refractivity contribution is 0.191. The van der Waals surface area contributed by atoms with E-state index in [2.05, 4.69) is 11.4 Å². The molecule has 0 aromatic heterocycles. The summed E-state index contributed by atoms with van der Waals surface area (Å²) >= 11 is 11.8. The molecule has 0 aliphatic rings. The van der Waals surface area contributed by atoms with Crippen molar-refractivity contribution in [3.8, 4) is 6.07 Å². The first-order valence-electron chi connectivity index (χ1n) is 5.98. The van der Waals surface area contributed by atoms with Crippen LogP contribution in [-0.2, 0) is 0 Å². The molecule has 2 aromatic carbocycles. The molecule has 2 aromatic rings. The number of hydrogen-bond donors (Lipinski definition) is 2. The summed E-state index contributed by atoms with van der Waals surface area (Å²) in [5, 5.41) is 23.2. The van der Waals surface area contributed by atoms with Crippen LogP contribution in [0.15, 0.2) is 42.5 Å². The number of aliphatic hydroxyl groups excluding tert-OH is 1. The second kappa shape index (κ2) is 6.62. The van der Waals surface area contributed by atoms with Crippen molar-refractivity contribution in [3.05, 3.63) is 63.6 Å². The van der Waals surface area contributed by atoms with Crippen LogP contribution in [0.1, 0.15) is 17.2 Å². The Labute approximate surface area is 127 Å². The normalized spacial score (nSPS) is 11.7. The molecule has 0 amide bonds. The number of benzene rings is 2. The highest BCUT2D eigenvalue weighted by molar-refractivity contribution is 6.33. The maximum Gasteiger partial charge on any atom is 0.101 e. The van der Waals surface area contributed by atoms with E-state index in [9.17, 15) is 5.11 Å². The molecule has 0 aliphatic heterocycles. The first-order chi connectivity index (χ1) is 9.61. The van der Waals surface area contributed by atoms with Gasteiger partial charge in [0.05, 0.1) is 22.4 Å². The van der Waals surface area contributed by atoms with E-state index in [4.69, 9.17) is 28.5 Å². The molecule has 0 bridgehead atoms. The molecule has 102 valence electrons. The van der Waals surface area contributed by atoms with Gasteiger partial charge in [0.1, 0.15) is 6.07 Å². The molecule has 0 heterocycles. The maximum atomic E-state index is 10.1. The van der Waals surface area contributed by atoms with Crippen LogP contribution in [0.4, 0.5) is 5.69 Å². The monoisotopic (exact) mass is 306 g/mol. The van der Waals surface area contributed by atoms with Crippen molar-refractivity contribution in [2.24, 2.45) is 0 Å². The first kappa shape index (κ1) is 14.7. The van der Waals surface area contributed by atoms with Gasteiger partial charge in [-0.1, -0.05) is 41.4 Å². The van der Waals surface area contributed by atoms with Crippen LogP contribution in [0.3, 0.4) is 0 Å². The Hall–Kier alpha value is -1.73. The first-order valence-corrected chi connectivity index (χ1v) is 6.73. The highest BCUT2D eigenvalue weighted by Gasteiger charge is 2.11. The second-order valence-corrected chi connectivity index (χ2v) is 5.07. The molecule has 0 spiro atoms. The van der Waals surface area contributed by atoms with Crippen molar-refractivity contribution < 1.29 is 5.11 Å². The van der Waals surface area contributed by atoms with Gasteiger partial charge in [0, 0.05) is 11.6 Å². The molecule has 1 atom stereocenters. The quantitative estimate of drug-likeness (QED) is 0.897. The summed E-state index contributed by atoms with van der Waals surface area (Å²) in [4.78, 5) is 0. The minimum atomic E-state index is -0.713. The van der Waals surface area contributed by atoms with Crippen molar-refractivity contribution in [2.75, 3.05) is 11.9 Å². The number of nitriles is 1. The van der Waals surface area contributed by atoms with E-state index in [1.165, 1.54) is 0 Å². The number of nitrogens with one attached hydrogen (secondary N) is 1. The predicted octanol–water partition coefficient (Wildman–Crippen LogP) is 4.01. The minimum absolute atomic E-state index is 0.250. The van der Waals surface area contributed by atoms with Crippen molar-refractivity contribution in [1.82, 2.24) is 0 Å². The lowest BCUT2D eigenvalue weighted by atomic mass is 10.1. The van der Waals surface area contributed by atoms with Crippen molar-refractivity contribution in [3.63, 3.8) is 0 Å². The van der Waals surface area contributed by atoms with Gasteiger partial charge in [-0.05, 0) is 29.8 Å². The molecule has 0 radical (unpaired) electrons. The lowest BCUT2D eigenvalue weighted by Gasteiger charge is -2.15. The fraction of sp³-hybridized carbons (Fsp3) is 0.133. The van der Waals surface area contributed by atoms with Gasteiger partial charge in [0.25, 0.3) is 0 Å². The molecule has 2 N–H and O–H groups in total. The Morgan fingerprint density at radius 2 is 1.85 bits per heavy atom. The molecule has 3 nitrogen and oxygen atoms in total. The summed E-state index contributed by atoms with van der Waals surface area (Å²) < 4.78 is 0. The standard InChI is InChI=1S/C15H12Cl2N2O/c16-12-6-4-10(5-7-12)14(20)9-19-15-11(8-18)2-1-3-13(15)17/h1-7,14,19-20H,9H2. The summed E-state index contributed by atoms with van der Waals surface area (Å²) in [6, 6.07) is 14.1. The summed E-state index contributed by atoms with van der Waals surface area (Å²) in [6.45, 7) is 0.250. The van der Waals surface area contributed by atoms with Crippen LogP contribution in [-0.4, -0.2) is 11.7 Å². The Morgan fingerprint density at radius 3 is 2.50 bits per heavy atom. The zero-order chi connectivity index (χ0) is 14.5. The molecule has 0 aliphatic carbocycles. The van der Waals surface area contributed by atoms with Crippen LogP contribution in [0.5, 0.6) is 0 Å². The molecule has 0 fully saturated rings. The minimum Gasteiger partial charge on any atom is -0.387 e. The van der Waals surface area contributed by atoms with E-state index in [1.807, 2.05) is 0 Å². The molecular weight excluding hydrogens is 295 g/mol. The Balaban J connectivity index is 2.09. The van der Waals surface area contributed by atoms with Gasteiger partial charge < -0.3 is 10.4 Å². The SMILES string of the molecule is N#Cc1cccc(Cl)c1NCC(O)c1ccc(Cl)cc1. The van der Waals surface area contributed by atoms with Gasteiger partial charge in [0.2, 0.25) is 0 Å². The smallest absolute Gasteiger partial charge is 0.101 e. The third-order valence-electron chi connectivity index (χ3n) is 2.86. The molecule has 20 heavy (non-hydrogen) atoms. The van der Waals surface area contributed by atoms with Gasteiger partial charge in [-0.15, -0.1) is 0 Å². The van der Waals surface area contributed by atoms with E-state index in [1.54, 1.807) is 42.5 Å². The Morgan fingerprint density at radius 1 is 1.15 bits per heavy atom. The molecule has 0 saturated carbocycles. The third-order valence-corrected chi connectivity index (χ3v) is 3.43. The Bertz CT molecular complexity index is 635. The van der Waals surface area contributed by atoms with Gasteiger partial charge >= 0.3 is 0 Å².